The van der Waals surface area contributed by atoms with Gasteiger partial charge in [-0.25, -0.2) is 4.99 Å². The molecule has 0 amide bonds. The van der Waals surface area contributed by atoms with Gasteiger partial charge in [0.05, 0.1) is 26.3 Å². The van der Waals surface area contributed by atoms with Gasteiger partial charge in [-0.15, -0.1) is 24.0 Å². The standard InChI is InChI=1S/C25H31N3O2S.HI/c1-3-26-24(28-19-25(2,29)23-13-14-31-18-23)27-15-20-9-11-22(12-10-20)17-30-16-21-7-5-4-6-8-21;/h4-14,18,29H,3,15-17,19H2,1-2H3,(H2,26,27,28);1H. The van der Waals surface area contributed by atoms with E-state index in [1.807, 2.05) is 48.9 Å². The third-order valence-electron chi connectivity index (χ3n) is 4.91. The van der Waals surface area contributed by atoms with Crippen molar-refractivity contribution in [2.24, 2.45) is 4.99 Å². The summed E-state index contributed by atoms with van der Waals surface area (Å²) in [5.74, 6) is 0.688. The molecular weight excluding hydrogens is 533 g/mol. The Hall–Kier alpha value is -1.94. The van der Waals surface area contributed by atoms with Crippen LogP contribution in [0.1, 0.15) is 36.1 Å². The lowest BCUT2D eigenvalue weighted by molar-refractivity contribution is 0.0621. The predicted molar refractivity (Wildman–Crippen MR) is 144 cm³/mol. The van der Waals surface area contributed by atoms with Crippen LogP contribution in [0.4, 0.5) is 0 Å². The van der Waals surface area contributed by atoms with E-state index >= 15 is 0 Å². The molecule has 172 valence electrons. The normalized spacial score (nSPS) is 13.2. The summed E-state index contributed by atoms with van der Waals surface area (Å²) in [6.07, 6.45) is 0. The van der Waals surface area contributed by atoms with Crippen molar-refractivity contribution in [1.29, 1.82) is 0 Å². The zero-order valence-corrected chi connectivity index (χ0v) is 21.7. The van der Waals surface area contributed by atoms with Gasteiger partial charge in [-0.05, 0) is 52.9 Å². The highest BCUT2D eigenvalue weighted by atomic mass is 127. The van der Waals surface area contributed by atoms with E-state index in [0.717, 1.165) is 23.2 Å². The number of thiophene rings is 1. The number of nitrogens with zero attached hydrogens (tertiary/aromatic N) is 1. The maximum Gasteiger partial charge on any atom is 0.191 e. The molecule has 0 radical (unpaired) electrons. The van der Waals surface area contributed by atoms with Crippen molar-refractivity contribution >= 4 is 41.3 Å². The Balaban J connectivity index is 0.00000363. The van der Waals surface area contributed by atoms with Gasteiger partial charge in [-0.2, -0.15) is 11.3 Å². The Labute approximate surface area is 212 Å². The van der Waals surface area contributed by atoms with Crippen LogP contribution in [0.5, 0.6) is 0 Å². The van der Waals surface area contributed by atoms with Crippen LogP contribution in [0.15, 0.2) is 76.4 Å². The van der Waals surface area contributed by atoms with Gasteiger partial charge < -0.3 is 20.5 Å². The van der Waals surface area contributed by atoms with E-state index in [2.05, 4.69) is 52.0 Å². The number of ether oxygens (including phenoxy) is 1. The Morgan fingerprint density at radius 1 is 0.969 bits per heavy atom. The van der Waals surface area contributed by atoms with E-state index in [-0.39, 0.29) is 24.0 Å². The summed E-state index contributed by atoms with van der Waals surface area (Å²) in [5, 5.41) is 21.1. The maximum absolute atomic E-state index is 10.7. The van der Waals surface area contributed by atoms with E-state index < -0.39 is 5.60 Å². The Morgan fingerprint density at radius 3 is 2.25 bits per heavy atom. The number of guanidine groups is 1. The molecule has 0 aliphatic rings. The fourth-order valence-corrected chi connectivity index (χ4v) is 3.83. The Morgan fingerprint density at radius 2 is 1.62 bits per heavy atom. The van der Waals surface area contributed by atoms with Gasteiger partial charge in [0.25, 0.3) is 0 Å². The largest absolute Gasteiger partial charge is 0.384 e. The molecule has 1 atom stereocenters. The molecule has 0 saturated heterocycles. The van der Waals surface area contributed by atoms with Crippen molar-refractivity contribution in [3.63, 3.8) is 0 Å². The van der Waals surface area contributed by atoms with Crippen molar-refractivity contribution in [2.45, 2.75) is 39.2 Å². The highest BCUT2D eigenvalue weighted by Gasteiger charge is 2.23. The zero-order valence-electron chi connectivity index (χ0n) is 18.6. The number of halogens is 1. The molecule has 1 heterocycles. The molecule has 0 bridgehead atoms. The van der Waals surface area contributed by atoms with E-state index in [1.54, 1.807) is 11.3 Å². The summed E-state index contributed by atoms with van der Waals surface area (Å²) < 4.78 is 5.80. The van der Waals surface area contributed by atoms with Crippen molar-refractivity contribution in [3.05, 3.63) is 93.7 Å². The SMILES string of the molecule is CCNC(=NCc1ccc(COCc2ccccc2)cc1)NCC(C)(O)c1ccsc1.I. The molecule has 1 unspecified atom stereocenters. The van der Waals surface area contributed by atoms with Crippen LogP contribution >= 0.6 is 35.3 Å². The highest BCUT2D eigenvalue weighted by molar-refractivity contribution is 14.0. The molecule has 0 spiro atoms. The number of aliphatic hydroxyl groups is 1. The van der Waals surface area contributed by atoms with Crippen molar-refractivity contribution in [2.75, 3.05) is 13.1 Å². The molecule has 0 saturated carbocycles. The molecule has 2 aromatic carbocycles. The lowest BCUT2D eigenvalue weighted by Gasteiger charge is -2.24. The molecule has 32 heavy (non-hydrogen) atoms. The first-order valence-corrected chi connectivity index (χ1v) is 11.5. The summed E-state index contributed by atoms with van der Waals surface area (Å²) in [6, 6.07) is 20.4. The van der Waals surface area contributed by atoms with Crippen molar-refractivity contribution < 1.29 is 9.84 Å². The quantitative estimate of drug-likeness (QED) is 0.183. The molecule has 3 N–H and O–H groups in total. The molecule has 0 aliphatic heterocycles. The summed E-state index contributed by atoms with van der Waals surface area (Å²) in [5.41, 5.74) is 3.40. The minimum absolute atomic E-state index is 0. The van der Waals surface area contributed by atoms with E-state index in [1.165, 1.54) is 5.56 Å². The second-order valence-corrected chi connectivity index (χ2v) is 8.41. The topological polar surface area (TPSA) is 65.9 Å². The maximum atomic E-state index is 10.7. The summed E-state index contributed by atoms with van der Waals surface area (Å²) in [7, 11) is 0. The van der Waals surface area contributed by atoms with Crippen LogP contribution < -0.4 is 10.6 Å². The van der Waals surface area contributed by atoms with E-state index in [0.29, 0.717) is 32.3 Å². The fourth-order valence-electron chi connectivity index (χ4n) is 3.04. The number of hydrogen-bond donors (Lipinski definition) is 3. The molecule has 5 nitrogen and oxygen atoms in total. The van der Waals surface area contributed by atoms with Crippen LogP contribution in [0.25, 0.3) is 0 Å². The van der Waals surface area contributed by atoms with Crippen LogP contribution in [-0.4, -0.2) is 24.2 Å². The minimum Gasteiger partial charge on any atom is -0.384 e. The third kappa shape index (κ3) is 8.54. The van der Waals surface area contributed by atoms with Crippen molar-refractivity contribution in [3.8, 4) is 0 Å². The van der Waals surface area contributed by atoms with Gasteiger partial charge in [0.1, 0.15) is 5.60 Å². The molecular formula is C25H32IN3O2S. The minimum atomic E-state index is -0.947. The van der Waals surface area contributed by atoms with Crippen LogP contribution in [0, 0.1) is 0 Å². The second-order valence-electron chi connectivity index (χ2n) is 7.63. The van der Waals surface area contributed by atoms with E-state index in [9.17, 15) is 5.11 Å². The summed E-state index contributed by atoms with van der Waals surface area (Å²) in [4.78, 5) is 4.65. The van der Waals surface area contributed by atoms with Gasteiger partial charge in [0.15, 0.2) is 5.96 Å². The Kier molecular flexibility index (Phi) is 11.2. The van der Waals surface area contributed by atoms with Crippen LogP contribution in [-0.2, 0) is 30.1 Å². The number of rotatable bonds is 10. The Bertz CT molecular complexity index is 930. The summed E-state index contributed by atoms with van der Waals surface area (Å²) >= 11 is 1.58. The molecule has 3 aromatic rings. The predicted octanol–water partition coefficient (Wildman–Crippen LogP) is 5.05. The smallest absolute Gasteiger partial charge is 0.191 e. The lowest BCUT2D eigenvalue weighted by atomic mass is 9.99. The summed E-state index contributed by atoms with van der Waals surface area (Å²) in [6.45, 7) is 6.72. The average molecular weight is 566 g/mol. The second kappa shape index (κ2) is 13.6. The molecule has 0 aliphatic carbocycles. The van der Waals surface area contributed by atoms with Gasteiger partial charge in [-0.1, -0.05) is 54.6 Å². The number of aliphatic imine (C=N–C) groups is 1. The number of nitrogens with one attached hydrogen (secondary N) is 2. The first-order valence-electron chi connectivity index (χ1n) is 10.5. The highest BCUT2D eigenvalue weighted by Crippen LogP contribution is 2.22. The first kappa shape index (κ1) is 26.3. The van der Waals surface area contributed by atoms with Gasteiger partial charge in [0.2, 0.25) is 0 Å². The van der Waals surface area contributed by atoms with Gasteiger partial charge >= 0.3 is 0 Å². The van der Waals surface area contributed by atoms with E-state index in [4.69, 9.17) is 4.74 Å². The van der Waals surface area contributed by atoms with Crippen LogP contribution in [0.2, 0.25) is 0 Å². The zero-order chi connectivity index (χ0) is 21.9. The van der Waals surface area contributed by atoms with Gasteiger partial charge in [-0.3, -0.25) is 0 Å². The fraction of sp³-hybridized carbons (Fsp3) is 0.320. The lowest BCUT2D eigenvalue weighted by Crippen LogP contribution is -2.44. The van der Waals surface area contributed by atoms with Crippen LogP contribution in [0.3, 0.4) is 0 Å². The number of hydrogen-bond acceptors (Lipinski definition) is 4. The molecule has 0 fully saturated rings. The average Bonchev–Trinajstić information content (AvgIpc) is 3.34. The van der Waals surface area contributed by atoms with Gasteiger partial charge in [0, 0.05) is 6.54 Å². The first-order chi connectivity index (χ1) is 15.1. The molecule has 1 aromatic heterocycles. The third-order valence-corrected chi connectivity index (χ3v) is 5.59. The van der Waals surface area contributed by atoms with Crippen molar-refractivity contribution in [1.82, 2.24) is 10.6 Å². The molecule has 7 heteroatoms. The monoisotopic (exact) mass is 565 g/mol. The molecule has 3 rings (SSSR count). The number of benzene rings is 2.